The van der Waals surface area contributed by atoms with Gasteiger partial charge in [0, 0.05) is 6.08 Å². The topological polar surface area (TPSA) is 59.1 Å². The van der Waals surface area contributed by atoms with Crippen molar-refractivity contribution in [2.75, 3.05) is 6.61 Å². The van der Waals surface area contributed by atoms with Gasteiger partial charge in [-0.1, -0.05) is 32.9 Å². The van der Waals surface area contributed by atoms with Crippen LogP contribution in [-0.4, -0.2) is 36.0 Å². The molecule has 0 aromatic heterocycles. The van der Waals surface area contributed by atoms with Crippen molar-refractivity contribution < 1.29 is 19.4 Å². The first kappa shape index (κ1) is 20.8. The molecule has 0 spiro atoms. The second-order valence-corrected chi connectivity index (χ2v) is 11.2. The third-order valence-electron chi connectivity index (χ3n) is 9.88. The molecule has 0 aromatic rings. The van der Waals surface area contributed by atoms with Crippen LogP contribution in [0.1, 0.15) is 66.2 Å². The normalized spacial score (nSPS) is 50.0. The zero-order valence-corrected chi connectivity index (χ0v) is 19.0. The van der Waals surface area contributed by atoms with Crippen LogP contribution >= 0.6 is 0 Å². The molecule has 4 fully saturated rings. The van der Waals surface area contributed by atoms with Crippen LogP contribution in [-0.2, 0) is 14.3 Å². The van der Waals surface area contributed by atoms with Gasteiger partial charge >= 0.3 is 5.97 Å². The molecule has 0 amide bonds. The van der Waals surface area contributed by atoms with Crippen LogP contribution in [0, 0.1) is 40.4 Å². The standard InChI is InChI=1S/C26H38O4/c1-5-29-21(28)9-6-15(2)17-7-8-18-22-19(11-13-25(17,18)3)26(4)12-10-16(27)14-20(26)23-24(22)30-23/h6,9,14-19,22-24,27H,5,7-8,10-13H2,1-4H3/b9-6+/t15-,16?,17-,18?,19?,22?,23-,24+,25-,26-/m1/s1. The Morgan fingerprint density at radius 1 is 1.27 bits per heavy atom. The highest BCUT2D eigenvalue weighted by Gasteiger charge is 2.68. The lowest BCUT2D eigenvalue weighted by molar-refractivity contribution is -0.137. The number of hydrogen-bond acceptors (Lipinski definition) is 4. The van der Waals surface area contributed by atoms with Crippen LogP contribution in [0.25, 0.3) is 0 Å². The third kappa shape index (κ3) is 2.97. The molecule has 3 saturated carbocycles. The predicted octanol–water partition coefficient (Wildman–Crippen LogP) is 4.67. The molecule has 1 N–H and O–H groups in total. The second kappa shape index (κ2) is 7.20. The fourth-order valence-corrected chi connectivity index (χ4v) is 8.41. The summed E-state index contributed by atoms with van der Waals surface area (Å²) in [4.78, 5) is 11.8. The smallest absolute Gasteiger partial charge is 0.330 e. The number of carbonyl (C=O) groups is 1. The van der Waals surface area contributed by atoms with E-state index in [1.807, 2.05) is 6.92 Å². The van der Waals surface area contributed by atoms with E-state index < -0.39 is 0 Å². The summed E-state index contributed by atoms with van der Waals surface area (Å²) in [6.45, 7) is 9.54. The molecule has 0 bridgehead atoms. The summed E-state index contributed by atoms with van der Waals surface area (Å²) in [7, 11) is 0. The van der Waals surface area contributed by atoms with Crippen molar-refractivity contribution in [2.24, 2.45) is 40.4 Å². The number of rotatable bonds is 4. The molecule has 1 saturated heterocycles. The number of epoxide rings is 1. The molecule has 166 valence electrons. The number of carbonyl (C=O) groups excluding carboxylic acids is 1. The Kier molecular flexibility index (Phi) is 4.98. The molecular formula is C26H38O4. The van der Waals surface area contributed by atoms with E-state index in [0.29, 0.717) is 47.7 Å². The summed E-state index contributed by atoms with van der Waals surface area (Å²) in [5.41, 5.74) is 1.94. The fraction of sp³-hybridized carbons (Fsp3) is 0.808. The molecule has 4 nitrogen and oxygen atoms in total. The summed E-state index contributed by atoms with van der Waals surface area (Å²) in [5.74, 6) is 2.82. The Balaban J connectivity index is 1.38. The van der Waals surface area contributed by atoms with Gasteiger partial charge < -0.3 is 14.6 Å². The molecular weight excluding hydrogens is 376 g/mol. The third-order valence-corrected chi connectivity index (χ3v) is 9.88. The highest BCUT2D eigenvalue weighted by molar-refractivity contribution is 5.81. The lowest BCUT2D eigenvalue weighted by Gasteiger charge is -2.57. The molecule has 0 radical (unpaired) electrons. The predicted molar refractivity (Wildman–Crippen MR) is 116 cm³/mol. The highest BCUT2D eigenvalue weighted by Crippen LogP contribution is 2.70. The number of ether oxygens (including phenoxy) is 2. The maximum Gasteiger partial charge on any atom is 0.330 e. The summed E-state index contributed by atoms with van der Waals surface area (Å²) >= 11 is 0. The first-order valence-electron chi connectivity index (χ1n) is 12.2. The Morgan fingerprint density at radius 3 is 2.83 bits per heavy atom. The van der Waals surface area contributed by atoms with Crippen molar-refractivity contribution in [1.82, 2.24) is 0 Å². The number of aliphatic hydroxyl groups excluding tert-OH is 1. The van der Waals surface area contributed by atoms with Crippen LogP contribution in [0.2, 0.25) is 0 Å². The quantitative estimate of drug-likeness (QED) is 0.314. The minimum Gasteiger partial charge on any atom is -0.463 e. The minimum atomic E-state index is -0.286. The lowest BCUT2D eigenvalue weighted by Crippen LogP contribution is -2.54. The van der Waals surface area contributed by atoms with E-state index in [-0.39, 0.29) is 23.6 Å². The maximum atomic E-state index is 11.8. The average Bonchev–Trinajstić information content (AvgIpc) is 3.42. The van der Waals surface area contributed by atoms with Gasteiger partial charge in [0.05, 0.1) is 18.8 Å². The minimum absolute atomic E-state index is 0.205. The van der Waals surface area contributed by atoms with E-state index >= 15 is 0 Å². The molecule has 5 rings (SSSR count). The average molecular weight is 415 g/mol. The number of esters is 1. The fourth-order valence-electron chi connectivity index (χ4n) is 8.41. The summed E-state index contributed by atoms with van der Waals surface area (Å²) in [6, 6.07) is 0. The van der Waals surface area contributed by atoms with Crippen LogP contribution in [0.15, 0.2) is 23.8 Å². The zero-order chi connectivity index (χ0) is 21.3. The van der Waals surface area contributed by atoms with Crippen LogP contribution < -0.4 is 0 Å². The van der Waals surface area contributed by atoms with E-state index in [1.54, 1.807) is 6.08 Å². The largest absolute Gasteiger partial charge is 0.463 e. The van der Waals surface area contributed by atoms with Crippen molar-refractivity contribution in [1.29, 1.82) is 0 Å². The molecule has 0 aromatic carbocycles. The van der Waals surface area contributed by atoms with E-state index in [9.17, 15) is 9.90 Å². The van der Waals surface area contributed by atoms with Crippen molar-refractivity contribution in [2.45, 2.75) is 84.5 Å². The van der Waals surface area contributed by atoms with Gasteiger partial charge in [-0.05, 0) is 91.4 Å². The van der Waals surface area contributed by atoms with Gasteiger partial charge in [0.2, 0.25) is 0 Å². The van der Waals surface area contributed by atoms with Gasteiger partial charge in [0.25, 0.3) is 0 Å². The molecule has 30 heavy (non-hydrogen) atoms. The Hall–Kier alpha value is -1.13. The Morgan fingerprint density at radius 2 is 2.07 bits per heavy atom. The molecule has 4 heteroatoms. The van der Waals surface area contributed by atoms with Gasteiger partial charge in [0.15, 0.2) is 0 Å². The molecule has 1 aliphatic heterocycles. The van der Waals surface area contributed by atoms with Crippen LogP contribution in [0.5, 0.6) is 0 Å². The Bertz CT molecular complexity index is 771. The summed E-state index contributed by atoms with van der Waals surface area (Å²) in [6.07, 6.45) is 13.3. The number of aliphatic hydroxyl groups is 1. The second-order valence-electron chi connectivity index (χ2n) is 11.2. The summed E-state index contributed by atoms with van der Waals surface area (Å²) in [5, 5.41) is 10.2. The zero-order valence-electron chi connectivity index (χ0n) is 19.0. The molecule has 10 atom stereocenters. The SMILES string of the molecule is CCOC(=O)/C=C/[C@@H](C)[C@H]1CCC2C3C(CC[C@@]21C)[C@@]1(C)CCC(O)C=C1[C@H]1O[C@@H]31. The molecule has 4 aliphatic carbocycles. The molecule has 4 unspecified atom stereocenters. The van der Waals surface area contributed by atoms with Crippen molar-refractivity contribution in [3.05, 3.63) is 23.8 Å². The van der Waals surface area contributed by atoms with E-state index in [1.165, 1.54) is 31.3 Å². The van der Waals surface area contributed by atoms with Gasteiger partial charge in [-0.3, -0.25) is 0 Å². The monoisotopic (exact) mass is 414 g/mol. The number of allylic oxidation sites excluding steroid dienone is 1. The number of fused-ring (bicyclic) bond motifs is 8. The highest BCUT2D eigenvalue weighted by atomic mass is 16.6. The van der Waals surface area contributed by atoms with Crippen molar-refractivity contribution in [3.63, 3.8) is 0 Å². The van der Waals surface area contributed by atoms with Gasteiger partial charge in [-0.2, -0.15) is 0 Å². The van der Waals surface area contributed by atoms with Crippen molar-refractivity contribution >= 4 is 5.97 Å². The molecule has 5 aliphatic rings. The van der Waals surface area contributed by atoms with Crippen molar-refractivity contribution in [3.8, 4) is 0 Å². The van der Waals surface area contributed by atoms with E-state index in [0.717, 1.165) is 12.8 Å². The summed E-state index contributed by atoms with van der Waals surface area (Å²) < 4.78 is 11.4. The number of hydrogen-bond donors (Lipinski definition) is 1. The van der Waals surface area contributed by atoms with Gasteiger partial charge in [0.1, 0.15) is 6.10 Å². The first-order chi connectivity index (χ1) is 14.3. The maximum absolute atomic E-state index is 11.8. The first-order valence-corrected chi connectivity index (χ1v) is 12.2. The van der Waals surface area contributed by atoms with Crippen LogP contribution in [0.3, 0.4) is 0 Å². The van der Waals surface area contributed by atoms with E-state index in [2.05, 4.69) is 32.9 Å². The lowest BCUT2D eigenvalue weighted by atomic mass is 9.46. The van der Waals surface area contributed by atoms with Gasteiger partial charge in [-0.25, -0.2) is 4.79 Å². The van der Waals surface area contributed by atoms with Gasteiger partial charge in [-0.15, -0.1) is 0 Å². The van der Waals surface area contributed by atoms with E-state index in [4.69, 9.17) is 9.47 Å². The van der Waals surface area contributed by atoms with Crippen LogP contribution in [0.4, 0.5) is 0 Å². The molecule has 1 heterocycles. The Labute approximate surface area is 181 Å².